The van der Waals surface area contributed by atoms with Crippen molar-refractivity contribution in [3.8, 4) is 28.5 Å². The number of hydrogen-bond donors (Lipinski definition) is 1. The molecule has 0 amide bonds. The zero-order valence-corrected chi connectivity index (χ0v) is 17.3. The Morgan fingerprint density at radius 1 is 1.00 bits per heavy atom. The molecular weight excluding hydrogens is 396 g/mol. The number of H-pyrrole nitrogens is 1. The van der Waals surface area contributed by atoms with Crippen molar-refractivity contribution >= 4 is 16.3 Å². The quantitative estimate of drug-likeness (QED) is 0.425. The second-order valence-electron chi connectivity index (χ2n) is 6.95. The monoisotopic (exact) mass is 416 g/mol. The highest BCUT2D eigenvalue weighted by Crippen LogP contribution is 2.26. The number of nitrogens with one attached hydrogen (secondary N) is 1. The number of ether oxygens (including phenoxy) is 1. The van der Waals surface area contributed by atoms with E-state index >= 15 is 0 Å². The SMILES string of the molecule is COc1ccc(-c2cc(-c3nnc4sc(CCCc5ccccc5)nn34)[nH]n2)cc1. The Kier molecular flexibility index (Phi) is 4.98. The van der Waals surface area contributed by atoms with E-state index in [0.29, 0.717) is 5.82 Å². The first-order chi connectivity index (χ1) is 14.8. The molecule has 0 fully saturated rings. The van der Waals surface area contributed by atoms with Gasteiger partial charge in [-0.1, -0.05) is 41.7 Å². The third kappa shape index (κ3) is 3.69. The van der Waals surface area contributed by atoms with Crippen LogP contribution in [0.3, 0.4) is 0 Å². The predicted molar refractivity (Wildman–Crippen MR) is 117 cm³/mol. The largest absolute Gasteiger partial charge is 0.497 e. The van der Waals surface area contributed by atoms with Gasteiger partial charge >= 0.3 is 0 Å². The Morgan fingerprint density at radius 3 is 2.63 bits per heavy atom. The topological polar surface area (TPSA) is 81.0 Å². The molecule has 2 aromatic carbocycles. The molecule has 0 atom stereocenters. The molecule has 30 heavy (non-hydrogen) atoms. The summed E-state index contributed by atoms with van der Waals surface area (Å²) in [6.45, 7) is 0. The minimum Gasteiger partial charge on any atom is -0.497 e. The van der Waals surface area contributed by atoms with Gasteiger partial charge in [0, 0.05) is 12.0 Å². The molecule has 150 valence electrons. The molecule has 0 radical (unpaired) electrons. The van der Waals surface area contributed by atoms with E-state index < -0.39 is 0 Å². The van der Waals surface area contributed by atoms with Gasteiger partial charge < -0.3 is 4.74 Å². The number of aromatic nitrogens is 6. The average Bonchev–Trinajstić information content (AvgIpc) is 3.50. The van der Waals surface area contributed by atoms with Gasteiger partial charge in [-0.25, -0.2) is 0 Å². The molecule has 0 aliphatic carbocycles. The lowest BCUT2D eigenvalue weighted by Gasteiger charge is -1.99. The molecule has 0 unspecified atom stereocenters. The summed E-state index contributed by atoms with van der Waals surface area (Å²) in [6, 6.07) is 20.3. The summed E-state index contributed by atoms with van der Waals surface area (Å²) in [6.07, 6.45) is 3.01. The van der Waals surface area contributed by atoms with E-state index in [0.717, 1.165) is 51.9 Å². The van der Waals surface area contributed by atoms with Crippen molar-refractivity contribution in [2.24, 2.45) is 0 Å². The molecular formula is C22H20N6OS. The van der Waals surface area contributed by atoms with E-state index in [-0.39, 0.29) is 0 Å². The van der Waals surface area contributed by atoms with E-state index in [1.54, 1.807) is 23.0 Å². The molecule has 3 heterocycles. The van der Waals surface area contributed by atoms with Crippen LogP contribution in [0.25, 0.3) is 27.7 Å². The Labute approximate surface area is 177 Å². The summed E-state index contributed by atoms with van der Waals surface area (Å²) in [4.78, 5) is 0.792. The molecule has 0 saturated carbocycles. The standard InChI is InChI=1S/C22H20N6OS/c1-29-17-12-10-16(11-13-17)18-14-19(24-23-18)21-25-26-22-28(21)27-20(30-22)9-5-8-15-6-3-2-4-7-15/h2-4,6-7,10-14H,5,8-9H2,1H3,(H,23,24). The van der Waals surface area contributed by atoms with Crippen molar-refractivity contribution in [2.45, 2.75) is 19.3 Å². The lowest BCUT2D eigenvalue weighted by atomic mass is 10.1. The van der Waals surface area contributed by atoms with Crippen LogP contribution >= 0.6 is 11.3 Å². The van der Waals surface area contributed by atoms with Crippen molar-refractivity contribution in [2.75, 3.05) is 7.11 Å². The molecule has 0 saturated heterocycles. The van der Waals surface area contributed by atoms with Gasteiger partial charge in [0.05, 0.1) is 12.8 Å². The van der Waals surface area contributed by atoms with Crippen molar-refractivity contribution in [3.63, 3.8) is 0 Å². The van der Waals surface area contributed by atoms with Crippen LogP contribution < -0.4 is 4.74 Å². The van der Waals surface area contributed by atoms with Gasteiger partial charge in [-0.2, -0.15) is 14.7 Å². The Balaban J connectivity index is 1.33. The lowest BCUT2D eigenvalue weighted by Crippen LogP contribution is -1.94. The Morgan fingerprint density at radius 2 is 1.83 bits per heavy atom. The van der Waals surface area contributed by atoms with Gasteiger partial charge in [-0.3, -0.25) is 5.10 Å². The van der Waals surface area contributed by atoms with E-state index in [9.17, 15) is 0 Å². The second kappa shape index (κ2) is 8.08. The zero-order chi connectivity index (χ0) is 20.3. The molecule has 7 nitrogen and oxygen atoms in total. The maximum atomic E-state index is 5.22. The Hall–Kier alpha value is -3.52. The number of benzene rings is 2. The molecule has 0 aliphatic heterocycles. The summed E-state index contributed by atoms with van der Waals surface area (Å²) < 4.78 is 7.02. The predicted octanol–water partition coefficient (Wildman–Crippen LogP) is 4.43. The number of hydrogen-bond acceptors (Lipinski definition) is 6. The van der Waals surface area contributed by atoms with Crippen LogP contribution in [0.5, 0.6) is 5.75 Å². The fourth-order valence-electron chi connectivity index (χ4n) is 3.36. The number of fused-ring (bicyclic) bond motifs is 1. The molecule has 0 aliphatic rings. The molecule has 5 aromatic rings. The number of methoxy groups -OCH3 is 1. The minimum atomic E-state index is 0.669. The molecule has 3 aromatic heterocycles. The maximum absolute atomic E-state index is 5.22. The zero-order valence-electron chi connectivity index (χ0n) is 16.4. The highest BCUT2D eigenvalue weighted by Gasteiger charge is 2.16. The lowest BCUT2D eigenvalue weighted by molar-refractivity contribution is 0.415. The highest BCUT2D eigenvalue weighted by atomic mass is 32.1. The minimum absolute atomic E-state index is 0.669. The summed E-state index contributed by atoms with van der Waals surface area (Å²) in [5.74, 6) is 1.48. The van der Waals surface area contributed by atoms with Crippen LogP contribution in [-0.2, 0) is 12.8 Å². The number of rotatable bonds is 7. The van der Waals surface area contributed by atoms with Gasteiger partial charge in [0.15, 0.2) is 0 Å². The van der Waals surface area contributed by atoms with E-state index in [1.807, 2.05) is 36.4 Å². The van der Waals surface area contributed by atoms with E-state index in [1.165, 1.54) is 5.56 Å². The first-order valence-electron chi connectivity index (χ1n) is 9.75. The third-order valence-electron chi connectivity index (χ3n) is 4.94. The maximum Gasteiger partial charge on any atom is 0.235 e. The number of aryl methyl sites for hydroxylation is 2. The third-order valence-corrected chi connectivity index (χ3v) is 5.89. The summed E-state index contributed by atoms with van der Waals surface area (Å²) in [5.41, 5.74) is 3.97. The second-order valence-corrected chi connectivity index (χ2v) is 7.99. The number of nitrogens with zero attached hydrogens (tertiary/aromatic N) is 5. The average molecular weight is 417 g/mol. The fourth-order valence-corrected chi connectivity index (χ4v) is 4.23. The van der Waals surface area contributed by atoms with Crippen LogP contribution in [0.15, 0.2) is 60.7 Å². The summed E-state index contributed by atoms with van der Waals surface area (Å²) in [7, 11) is 1.65. The van der Waals surface area contributed by atoms with Crippen LogP contribution in [0, 0.1) is 0 Å². The molecule has 1 N–H and O–H groups in total. The molecule has 8 heteroatoms. The highest BCUT2D eigenvalue weighted by molar-refractivity contribution is 7.16. The van der Waals surface area contributed by atoms with Gasteiger partial charge in [-0.15, -0.1) is 10.2 Å². The fraction of sp³-hybridized carbons (Fsp3) is 0.182. The van der Waals surface area contributed by atoms with Crippen molar-refractivity contribution in [3.05, 3.63) is 71.2 Å². The van der Waals surface area contributed by atoms with Gasteiger partial charge in [0.25, 0.3) is 0 Å². The van der Waals surface area contributed by atoms with Crippen LogP contribution in [-0.4, -0.2) is 37.1 Å². The first-order valence-corrected chi connectivity index (χ1v) is 10.6. The van der Waals surface area contributed by atoms with E-state index in [2.05, 4.69) is 44.7 Å². The smallest absolute Gasteiger partial charge is 0.235 e. The van der Waals surface area contributed by atoms with Gasteiger partial charge in [0.1, 0.15) is 16.5 Å². The van der Waals surface area contributed by atoms with Crippen molar-refractivity contribution < 1.29 is 4.74 Å². The molecule has 0 spiro atoms. The van der Waals surface area contributed by atoms with Gasteiger partial charge in [-0.05, 0) is 48.7 Å². The Bertz CT molecular complexity index is 1260. The van der Waals surface area contributed by atoms with Crippen molar-refractivity contribution in [1.82, 2.24) is 30.0 Å². The molecule has 5 rings (SSSR count). The summed E-state index contributed by atoms with van der Waals surface area (Å²) >= 11 is 1.59. The van der Waals surface area contributed by atoms with Gasteiger partial charge in [0.2, 0.25) is 10.8 Å². The first kappa shape index (κ1) is 18.5. The van der Waals surface area contributed by atoms with Crippen LogP contribution in [0.1, 0.15) is 17.0 Å². The summed E-state index contributed by atoms with van der Waals surface area (Å²) in [5, 5.41) is 21.9. The molecule has 0 bridgehead atoms. The van der Waals surface area contributed by atoms with Crippen molar-refractivity contribution in [1.29, 1.82) is 0 Å². The normalized spacial score (nSPS) is 11.2. The van der Waals surface area contributed by atoms with E-state index in [4.69, 9.17) is 9.84 Å². The van der Waals surface area contributed by atoms with Crippen LogP contribution in [0.4, 0.5) is 0 Å². The van der Waals surface area contributed by atoms with Crippen LogP contribution in [0.2, 0.25) is 0 Å². The number of aromatic amines is 1.